The molecular formula is C25H26N2O3. The van der Waals surface area contributed by atoms with E-state index >= 15 is 0 Å². The Morgan fingerprint density at radius 2 is 1.43 bits per heavy atom. The quantitative estimate of drug-likeness (QED) is 0.576. The van der Waals surface area contributed by atoms with Crippen molar-refractivity contribution in [3.05, 3.63) is 102 Å². The van der Waals surface area contributed by atoms with Gasteiger partial charge in [-0.15, -0.1) is 0 Å². The molecule has 0 spiro atoms. The number of carbonyl (C=O) groups excluding carboxylic acids is 2. The normalized spacial score (nSPS) is 11.4. The van der Waals surface area contributed by atoms with Crippen LogP contribution in [0.2, 0.25) is 0 Å². The van der Waals surface area contributed by atoms with Crippen LogP contribution in [0.15, 0.2) is 84.9 Å². The summed E-state index contributed by atoms with van der Waals surface area (Å²) in [5.74, 6) is 0.0845. The van der Waals surface area contributed by atoms with Crippen molar-refractivity contribution in [2.75, 3.05) is 6.61 Å². The van der Waals surface area contributed by atoms with Crippen LogP contribution >= 0.6 is 0 Å². The molecule has 2 amide bonds. The Labute approximate surface area is 177 Å². The number of rotatable bonds is 9. The third-order valence-corrected chi connectivity index (χ3v) is 4.65. The smallest absolute Gasteiger partial charge is 0.258 e. The van der Waals surface area contributed by atoms with E-state index in [4.69, 9.17) is 4.74 Å². The molecule has 154 valence electrons. The monoisotopic (exact) mass is 402 g/mol. The summed E-state index contributed by atoms with van der Waals surface area (Å²) >= 11 is 0. The lowest BCUT2D eigenvalue weighted by Gasteiger charge is -2.15. The van der Waals surface area contributed by atoms with Gasteiger partial charge in [-0.25, -0.2) is 0 Å². The second-order valence-electron chi connectivity index (χ2n) is 7.05. The molecule has 3 rings (SSSR count). The lowest BCUT2D eigenvalue weighted by molar-refractivity contribution is -0.129. The second kappa shape index (κ2) is 10.8. The van der Waals surface area contributed by atoms with Crippen LogP contribution < -0.4 is 15.4 Å². The molecule has 5 heteroatoms. The predicted molar refractivity (Wildman–Crippen MR) is 117 cm³/mol. The van der Waals surface area contributed by atoms with E-state index in [0.717, 1.165) is 17.5 Å². The number of hydrogen-bond donors (Lipinski definition) is 2. The van der Waals surface area contributed by atoms with Crippen molar-refractivity contribution >= 4 is 11.8 Å². The van der Waals surface area contributed by atoms with Crippen LogP contribution in [0, 0.1) is 0 Å². The van der Waals surface area contributed by atoms with Crippen molar-refractivity contribution in [3.63, 3.8) is 0 Å². The molecule has 1 unspecified atom stereocenters. The van der Waals surface area contributed by atoms with Gasteiger partial charge in [-0.05, 0) is 29.7 Å². The van der Waals surface area contributed by atoms with E-state index in [0.29, 0.717) is 12.3 Å². The minimum atomic E-state index is -0.649. The molecule has 0 aliphatic rings. The van der Waals surface area contributed by atoms with Gasteiger partial charge in [0.25, 0.3) is 5.91 Å². The van der Waals surface area contributed by atoms with Crippen LogP contribution in [0.3, 0.4) is 0 Å². The summed E-state index contributed by atoms with van der Waals surface area (Å²) < 4.78 is 5.74. The maximum absolute atomic E-state index is 12.3. The SMILES string of the molecule is CC(NC(=O)COc1ccccc1Cc1ccccc1)C(=O)NCc1ccccc1. The van der Waals surface area contributed by atoms with E-state index in [-0.39, 0.29) is 18.4 Å². The molecule has 0 radical (unpaired) electrons. The summed E-state index contributed by atoms with van der Waals surface area (Å²) in [6.07, 6.45) is 0.719. The van der Waals surface area contributed by atoms with Gasteiger partial charge in [-0.1, -0.05) is 78.9 Å². The maximum atomic E-state index is 12.3. The number of carbonyl (C=O) groups is 2. The average Bonchev–Trinajstić information content (AvgIpc) is 2.78. The molecule has 0 heterocycles. The Bertz CT molecular complexity index is 958. The molecule has 5 nitrogen and oxygen atoms in total. The minimum Gasteiger partial charge on any atom is -0.483 e. The summed E-state index contributed by atoms with van der Waals surface area (Å²) in [5.41, 5.74) is 3.18. The molecule has 3 aromatic rings. The van der Waals surface area contributed by atoms with Crippen LogP contribution in [-0.2, 0) is 22.6 Å². The van der Waals surface area contributed by atoms with E-state index in [1.54, 1.807) is 6.92 Å². The second-order valence-corrected chi connectivity index (χ2v) is 7.05. The number of ether oxygens (including phenoxy) is 1. The van der Waals surface area contributed by atoms with Crippen LogP contribution in [0.25, 0.3) is 0 Å². The Kier molecular flexibility index (Phi) is 7.61. The van der Waals surface area contributed by atoms with Crippen molar-refractivity contribution in [1.82, 2.24) is 10.6 Å². The molecular weight excluding hydrogens is 376 g/mol. The van der Waals surface area contributed by atoms with E-state index in [9.17, 15) is 9.59 Å². The largest absolute Gasteiger partial charge is 0.483 e. The summed E-state index contributed by atoms with van der Waals surface area (Å²) in [5, 5.41) is 5.50. The van der Waals surface area contributed by atoms with E-state index < -0.39 is 6.04 Å². The highest BCUT2D eigenvalue weighted by atomic mass is 16.5. The number of nitrogens with one attached hydrogen (secondary N) is 2. The van der Waals surface area contributed by atoms with Gasteiger partial charge in [0.1, 0.15) is 11.8 Å². The Morgan fingerprint density at radius 1 is 0.833 bits per heavy atom. The van der Waals surface area contributed by atoms with Gasteiger partial charge >= 0.3 is 0 Å². The standard InChI is InChI=1S/C25H26N2O3/c1-19(25(29)26-17-21-12-6-3-7-13-21)27-24(28)18-30-23-15-9-8-14-22(23)16-20-10-4-2-5-11-20/h2-15,19H,16-18H2,1H3,(H,26,29)(H,27,28). The summed E-state index contributed by atoms with van der Waals surface area (Å²) in [6.45, 7) is 1.92. The first-order valence-corrected chi connectivity index (χ1v) is 9.97. The molecule has 2 N–H and O–H groups in total. The van der Waals surface area contributed by atoms with Crippen molar-refractivity contribution < 1.29 is 14.3 Å². The molecule has 1 atom stereocenters. The van der Waals surface area contributed by atoms with Crippen molar-refractivity contribution in [3.8, 4) is 5.75 Å². The van der Waals surface area contributed by atoms with Crippen molar-refractivity contribution in [2.45, 2.75) is 25.9 Å². The zero-order chi connectivity index (χ0) is 21.2. The summed E-state index contributed by atoms with van der Waals surface area (Å²) in [7, 11) is 0. The molecule has 0 aliphatic heterocycles. The zero-order valence-corrected chi connectivity index (χ0v) is 17.0. The molecule has 3 aromatic carbocycles. The number of benzene rings is 3. The molecule has 0 saturated heterocycles. The number of para-hydroxylation sites is 1. The highest BCUT2D eigenvalue weighted by Gasteiger charge is 2.16. The Morgan fingerprint density at radius 3 is 2.13 bits per heavy atom. The van der Waals surface area contributed by atoms with Gasteiger partial charge in [0.15, 0.2) is 6.61 Å². The zero-order valence-electron chi connectivity index (χ0n) is 17.0. The first kappa shape index (κ1) is 21.1. The lowest BCUT2D eigenvalue weighted by Crippen LogP contribution is -2.46. The van der Waals surface area contributed by atoms with Crippen molar-refractivity contribution in [2.24, 2.45) is 0 Å². The molecule has 0 aliphatic carbocycles. The van der Waals surface area contributed by atoms with E-state index in [1.165, 1.54) is 5.56 Å². The topological polar surface area (TPSA) is 67.4 Å². The van der Waals surface area contributed by atoms with Crippen LogP contribution in [0.1, 0.15) is 23.6 Å². The maximum Gasteiger partial charge on any atom is 0.258 e. The van der Waals surface area contributed by atoms with Crippen LogP contribution in [-0.4, -0.2) is 24.5 Å². The third kappa shape index (κ3) is 6.48. The van der Waals surface area contributed by atoms with Gasteiger partial charge in [-0.2, -0.15) is 0 Å². The lowest BCUT2D eigenvalue weighted by atomic mass is 10.0. The molecule has 30 heavy (non-hydrogen) atoms. The van der Waals surface area contributed by atoms with Crippen LogP contribution in [0.5, 0.6) is 5.75 Å². The van der Waals surface area contributed by atoms with E-state index in [1.807, 2.05) is 72.8 Å². The molecule has 0 aromatic heterocycles. The average molecular weight is 402 g/mol. The predicted octanol–water partition coefficient (Wildman–Crippen LogP) is 3.48. The Balaban J connectivity index is 1.48. The fraction of sp³-hybridized carbons (Fsp3) is 0.200. The number of amides is 2. The first-order valence-electron chi connectivity index (χ1n) is 9.97. The van der Waals surface area contributed by atoms with Crippen molar-refractivity contribution in [1.29, 1.82) is 0 Å². The fourth-order valence-electron chi connectivity index (χ4n) is 3.04. The fourth-order valence-corrected chi connectivity index (χ4v) is 3.04. The summed E-state index contributed by atoms with van der Waals surface area (Å²) in [6, 6.07) is 26.7. The highest BCUT2D eigenvalue weighted by Crippen LogP contribution is 2.21. The third-order valence-electron chi connectivity index (χ3n) is 4.65. The van der Waals surface area contributed by atoms with Gasteiger partial charge in [0.2, 0.25) is 5.91 Å². The van der Waals surface area contributed by atoms with Crippen LogP contribution in [0.4, 0.5) is 0 Å². The first-order chi connectivity index (χ1) is 14.6. The number of hydrogen-bond acceptors (Lipinski definition) is 3. The van der Waals surface area contributed by atoms with Gasteiger partial charge in [-0.3, -0.25) is 9.59 Å². The van der Waals surface area contributed by atoms with Gasteiger partial charge in [0, 0.05) is 13.0 Å². The van der Waals surface area contributed by atoms with E-state index in [2.05, 4.69) is 22.8 Å². The molecule has 0 fully saturated rings. The highest BCUT2D eigenvalue weighted by molar-refractivity contribution is 5.87. The Hall–Kier alpha value is -3.60. The summed E-state index contributed by atoms with van der Waals surface area (Å²) in [4.78, 5) is 24.5. The minimum absolute atomic E-state index is 0.151. The van der Waals surface area contributed by atoms with Gasteiger partial charge in [0.05, 0.1) is 0 Å². The van der Waals surface area contributed by atoms with Gasteiger partial charge < -0.3 is 15.4 Å². The molecule has 0 bridgehead atoms. The molecule has 0 saturated carbocycles.